The minimum Gasteiger partial charge on any atom is -0.504 e. The van der Waals surface area contributed by atoms with Crippen molar-refractivity contribution < 1.29 is 74.4 Å². The van der Waals surface area contributed by atoms with Gasteiger partial charge in [0.1, 0.15) is 36.6 Å². The van der Waals surface area contributed by atoms with E-state index < -0.39 is 79.7 Å². The number of ether oxygens (including phenoxy) is 5. The number of aliphatic hydroxyl groups excluding tert-OH is 5. The Morgan fingerprint density at radius 1 is 0.841 bits per heavy atom. The zero-order chi connectivity index (χ0) is 32.1. The Morgan fingerprint density at radius 2 is 1.52 bits per heavy atom. The smallest absolute Gasteiger partial charge is 0.331 e. The van der Waals surface area contributed by atoms with Crippen molar-refractivity contribution in [3.05, 3.63) is 53.6 Å². The minimum atomic E-state index is -1.77. The molecule has 9 N–H and O–H groups in total. The molecule has 2 heterocycles. The number of hydrogen-bond donors (Lipinski definition) is 9. The zero-order valence-corrected chi connectivity index (χ0v) is 23.5. The molecule has 0 spiro atoms. The van der Waals surface area contributed by atoms with Gasteiger partial charge in [-0.05, 0) is 54.8 Å². The summed E-state index contributed by atoms with van der Waals surface area (Å²) < 4.78 is 28.4. The summed E-state index contributed by atoms with van der Waals surface area (Å²) in [5.41, 5.74) is 0.892. The van der Waals surface area contributed by atoms with E-state index in [1.54, 1.807) is 0 Å². The second-order valence-electron chi connectivity index (χ2n) is 10.4. The maximum atomic E-state index is 12.9. The standard InChI is InChI=1S/C29H36O15/c1-13-22(36)23(37)24(38)29(41-13)44-26-25(43-21(35)7-4-14-2-5-16(31)18(33)10-14)20(12-30)42-28(39)27(26)40-9-8-15-3-6-17(32)19(34)11-15/h2-7,10-11,13,20,22-34,36-39H,8-9,12H2,1H3/t13-,20+,22-,23+,24+,25+,26-,27+,28+,29+/m0/s1. The highest BCUT2D eigenvalue weighted by atomic mass is 16.7. The average molecular weight is 625 g/mol. The van der Waals surface area contributed by atoms with Crippen molar-refractivity contribution >= 4 is 12.0 Å². The zero-order valence-electron chi connectivity index (χ0n) is 23.5. The summed E-state index contributed by atoms with van der Waals surface area (Å²) in [7, 11) is 0. The summed E-state index contributed by atoms with van der Waals surface area (Å²) in [6.07, 6.45) is -12.5. The Balaban J connectivity index is 1.57. The molecule has 0 bridgehead atoms. The number of carbonyl (C=O) groups excluding carboxylic acids is 1. The molecule has 0 unspecified atom stereocenters. The molecule has 0 aliphatic carbocycles. The first-order valence-corrected chi connectivity index (χ1v) is 13.7. The molecule has 2 aliphatic rings. The molecule has 2 aliphatic heterocycles. The first-order chi connectivity index (χ1) is 20.9. The van der Waals surface area contributed by atoms with E-state index in [-0.39, 0.29) is 30.3 Å². The lowest BCUT2D eigenvalue weighted by Crippen LogP contribution is -2.65. The molecule has 15 nitrogen and oxygen atoms in total. The van der Waals surface area contributed by atoms with Gasteiger partial charge in [0, 0.05) is 6.08 Å². The molecule has 2 fully saturated rings. The lowest BCUT2D eigenvalue weighted by molar-refractivity contribution is -0.357. The lowest BCUT2D eigenvalue weighted by Gasteiger charge is -2.46. The van der Waals surface area contributed by atoms with Crippen molar-refractivity contribution in [2.45, 2.75) is 74.8 Å². The maximum Gasteiger partial charge on any atom is 0.331 e. The van der Waals surface area contributed by atoms with Gasteiger partial charge in [-0.25, -0.2) is 4.79 Å². The van der Waals surface area contributed by atoms with Gasteiger partial charge in [-0.3, -0.25) is 0 Å². The van der Waals surface area contributed by atoms with Crippen molar-refractivity contribution in [2.75, 3.05) is 13.2 Å². The van der Waals surface area contributed by atoms with E-state index in [9.17, 15) is 50.8 Å². The molecule has 44 heavy (non-hydrogen) atoms. The molecule has 15 heteroatoms. The quantitative estimate of drug-likeness (QED) is 0.0873. The van der Waals surface area contributed by atoms with Crippen LogP contribution in [0.2, 0.25) is 0 Å². The van der Waals surface area contributed by atoms with Crippen LogP contribution < -0.4 is 0 Å². The van der Waals surface area contributed by atoms with Crippen LogP contribution in [-0.4, -0.2) is 127 Å². The van der Waals surface area contributed by atoms with Gasteiger partial charge in [0.2, 0.25) is 0 Å². The molecule has 0 saturated carbocycles. The van der Waals surface area contributed by atoms with E-state index >= 15 is 0 Å². The second kappa shape index (κ2) is 14.5. The van der Waals surface area contributed by atoms with E-state index in [4.69, 9.17) is 23.7 Å². The lowest BCUT2D eigenvalue weighted by atomic mass is 9.96. The summed E-state index contributed by atoms with van der Waals surface area (Å²) in [4.78, 5) is 12.9. The first kappa shape index (κ1) is 33.4. The monoisotopic (exact) mass is 624 g/mol. The summed E-state index contributed by atoms with van der Waals surface area (Å²) in [5, 5.41) is 90.3. The van der Waals surface area contributed by atoms with Gasteiger partial charge in [0.15, 0.2) is 41.7 Å². The van der Waals surface area contributed by atoms with E-state index in [1.165, 1.54) is 49.4 Å². The molecule has 4 rings (SSSR count). The van der Waals surface area contributed by atoms with Crippen molar-refractivity contribution in [1.82, 2.24) is 0 Å². The third-order valence-corrected chi connectivity index (χ3v) is 7.29. The number of phenolic OH excluding ortho intramolecular Hbond substituents is 4. The van der Waals surface area contributed by atoms with Crippen molar-refractivity contribution in [1.29, 1.82) is 0 Å². The molecule has 0 amide bonds. The summed E-state index contributed by atoms with van der Waals surface area (Å²) in [6.45, 7) is 0.557. The van der Waals surface area contributed by atoms with Gasteiger partial charge in [0.25, 0.3) is 0 Å². The summed E-state index contributed by atoms with van der Waals surface area (Å²) >= 11 is 0. The van der Waals surface area contributed by atoms with Crippen LogP contribution in [-0.2, 0) is 34.9 Å². The fourth-order valence-corrected chi connectivity index (χ4v) is 4.82. The predicted octanol–water partition coefficient (Wildman–Crippen LogP) is -1.02. The van der Waals surface area contributed by atoms with Crippen molar-refractivity contribution in [3.8, 4) is 23.0 Å². The van der Waals surface area contributed by atoms with Crippen LogP contribution in [0.1, 0.15) is 18.1 Å². The van der Waals surface area contributed by atoms with Crippen molar-refractivity contribution in [2.24, 2.45) is 0 Å². The summed E-state index contributed by atoms with van der Waals surface area (Å²) in [6, 6.07) is 7.96. The fourth-order valence-electron chi connectivity index (χ4n) is 4.82. The molecule has 2 aromatic carbocycles. The van der Waals surface area contributed by atoms with Crippen LogP contribution >= 0.6 is 0 Å². The van der Waals surface area contributed by atoms with Crippen LogP contribution in [0.3, 0.4) is 0 Å². The van der Waals surface area contributed by atoms with Gasteiger partial charge in [-0.1, -0.05) is 12.1 Å². The Labute approximate surface area is 251 Å². The number of phenols is 4. The molecule has 0 aromatic heterocycles. The van der Waals surface area contributed by atoms with E-state index in [2.05, 4.69) is 0 Å². The molecule has 10 atom stereocenters. The van der Waals surface area contributed by atoms with Crippen LogP contribution in [0.4, 0.5) is 0 Å². The van der Waals surface area contributed by atoms with Crippen LogP contribution in [0.5, 0.6) is 23.0 Å². The number of carbonyl (C=O) groups is 1. The largest absolute Gasteiger partial charge is 0.504 e. The van der Waals surface area contributed by atoms with Crippen molar-refractivity contribution in [3.63, 3.8) is 0 Å². The highest BCUT2D eigenvalue weighted by Gasteiger charge is 2.52. The van der Waals surface area contributed by atoms with E-state index in [0.29, 0.717) is 11.1 Å². The van der Waals surface area contributed by atoms with Crippen LogP contribution in [0.25, 0.3) is 6.08 Å². The van der Waals surface area contributed by atoms with E-state index in [1.807, 2.05) is 0 Å². The maximum absolute atomic E-state index is 12.9. The number of aromatic hydroxyl groups is 4. The Bertz CT molecular complexity index is 1300. The minimum absolute atomic E-state index is 0.115. The number of aliphatic hydroxyl groups is 5. The Hall–Kier alpha value is -3.51. The van der Waals surface area contributed by atoms with Gasteiger partial charge in [-0.2, -0.15) is 0 Å². The Morgan fingerprint density at radius 3 is 2.18 bits per heavy atom. The van der Waals surface area contributed by atoms with Gasteiger partial charge < -0.3 is 69.6 Å². The van der Waals surface area contributed by atoms with E-state index in [0.717, 1.165) is 6.08 Å². The average Bonchev–Trinajstić information content (AvgIpc) is 2.99. The third-order valence-electron chi connectivity index (χ3n) is 7.29. The topological polar surface area (TPSA) is 245 Å². The fraction of sp³-hybridized carbons (Fsp3) is 0.483. The SMILES string of the molecule is C[C@@H]1O[C@H](O[C@@H]2[C@@H](OCCc3ccc(O)c(O)c3)[C@H](O)O[C@H](CO)[C@H]2OC(=O)C=Cc2ccc(O)c(O)c2)[C@H](O)[C@H](O)[C@H]1O. The highest BCUT2D eigenvalue weighted by molar-refractivity contribution is 5.87. The number of benzene rings is 2. The van der Waals surface area contributed by atoms with Crippen LogP contribution in [0.15, 0.2) is 42.5 Å². The second-order valence-corrected chi connectivity index (χ2v) is 10.4. The van der Waals surface area contributed by atoms with Gasteiger partial charge in [0.05, 0.1) is 19.3 Å². The van der Waals surface area contributed by atoms with Crippen LogP contribution in [0, 0.1) is 0 Å². The molecule has 2 saturated heterocycles. The predicted molar refractivity (Wildman–Crippen MR) is 147 cm³/mol. The third kappa shape index (κ3) is 7.76. The number of rotatable bonds is 10. The number of esters is 1. The molecular formula is C29H36O15. The molecule has 2 aromatic rings. The van der Waals surface area contributed by atoms with Gasteiger partial charge in [-0.15, -0.1) is 0 Å². The highest BCUT2D eigenvalue weighted by Crippen LogP contribution is 2.32. The first-order valence-electron chi connectivity index (χ1n) is 13.7. The normalized spacial score (nSPS) is 32.5. The summed E-state index contributed by atoms with van der Waals surface area (Å²) in [5.74, 6) is -2.42. The molecular weight excluding hydrogens is 588 g/mol. The molecule has 0 radical (unpaired) electrons. The molecule has 242 valence electrons. The van der Waals surface area contributed by atoms with Gasteiger partial charge >= 0.3 is 5.97 Å². The Kier molecular flexibility index (Phi) is 11.0. The number of hydrogen-bond acceptors (Lipinski definition) is 15.